The third kappa shape index (κ3) is 2.00. The smallest absolute Gasteiger partial charge is 0.266 e. The largest absolute Gasteiger partial charge is 0.325 e. The number of rotatable bonds is 1. The van der Waals surface area contributed by atoms with Crippen molar-refractivity contribution in [3.63, 3.8) is 0 Å². The Bertz CT molecular complexity index is 484. The number of H-pyrrole nitrogens is 1. The summed E-state index contributed by atoms with van der Waals surface area (Å²) in [5, 5.41) is 8.81. The number of fused-ring (bicyclic) bond motifs is 1. The Kier molecular flexibility index (Phi) is 3.07. The van der Waals surface area contributed by atoms with Crippen LogP contribution in [0, 0.1) is 11.3 Å². The summed E-state index contributed by atoms with van der Waals surface area (Å²) < 4.78 is 0. The van der Waals surface area contributed by atoms with E-state index in [0.29, 0.717) is 0 Å². The molecule has 0 atom stereocenters. The lowest BCUT2D eigenvalue weighted by Crippen LogP contribution is -2.25. The fourth-order valence-corrected chi connectivity index (χ4v) is 2.12. The second kappa shape index (κ2) is 4.50. The van der Waals surface area contributed by atoms with Gasteiger partial charge in [0.25, 0.3) is 5.56 Å². The fraction of sp³-hybridized carbons (Fsp3) is 0.500. The Hall–Kier alpha value is -1.60. The van der Waals surface area contributed by atoms with Crippen LogP contribution in [-0.2, 0) is 12.8 Å². The van der Waals surface area contributed by atoms with Gasteiger partial charge in [0.2, 0.25) is 0 Å². The minimum atomic E-state index is -0.258. The van der Waals surface area contributed by atoms with Gasteiger partial charge in [0.1, 0.15) is 11.6 Å². The van der Waals surface area contributed by atoms with E-state index in [1.807, 2.05) is 6.07 Å². The second-order valence-corrected chi connectivity index (χ2v) is 4.06. The monoisotopic (exact) mass is 217 g/mol. The molecule has 1 N–H and O–H groups in total. The zero-order valence-corrected chi connectivity index (χ0v) is 9.42. The molecule has 84 valence electrons. The van der Waals surface area contributed by atoms with E-state index >= 15 is 0 Å². The molecule has 1 aliphatic rings. The number of likely N-dealkylation sites (N-methyl/N-ethyl adjacent to an activating group) is 1. The molecule has 16 heavy (non-hydrogen) atoms. The summed E-state index contributed by atoms with van der Waals surface area (Å²) in [5.41, 5.74) is 2.09. The van der Waals surface area contributed by atoms with E-state index in [1.54, 1.807) is 6.07 Å². The van der Waals surface area contributed by atoms with E-state index in [2.05, 4.69) is 16.8 Å². The number of nitrogens with zero attached hydrogens (tertiary/aromatic N) is 2. The minimum Gasteiger partial charge on any atom is -0.325 e. The molecule has 0 spiro atoms. The van der Waals surface area contributed by atoms with Crippen LogP contribution in [-0.4, -0.2) is 29.5 Å². The zero-order chi connectivity index (χ0) is 11.5. The van der Waals surface area contributed by atoms with Gasteiger partial charge < -0.3 is 9.88 Å². The summed E-state index contributed by atoms with van der Waals surface area (Å²) in [6, 6.07) is 3.68. The first-order chi connectivity index (χ1) is 7.74. The molecule has 4 nitrogen and oxygen atoms in total. The number of aromatic amines is 1. The highest BCUT2D eigenvalue weighted by molar-refractivity contribution is 5.34. The molecule has 4 heteroatoms. The van der Waals surface area contributed by atoms with Gasteiger partial charge in [-0.2, -0.15) is 5.26 Å². The highest BCUT2D eigenvalue weighted by atomic mass is 16.1. The Morgan fingerprint density at radius 2 is 2.25 bits per heavy atom. The molecule has 0 unspecified atom stereocenters. The van der Waals surface area contributed by atoms with Crippen LogP contribution in [0.15, 0.2) is 10.9 Å². The molecule has 0 amide bonds. The van der Waals surface area contributed by atoms with Crippen LogP contribution in [0.3, 0.4) is 0 Å². The van der Waals surface area contributed by atoms with E-state index in [4.69, 9.17) is 5.26 Å². The van der Waals surface area contributed by atoms with Gasteiger partial charge in [0.15, 0.2) is 0 Å². The number of nitrogens with one attached hydrogen (secondary N) is 1. The first kappa shape index (κ1) is 10.9. The van der Waals surface area contributed by atoms with Crippen molar-refractivity contribution in [2.24, 2.45) is 0 Å². The standard InChI is InChI=1S/C12H15N3O/c1-2-15-5-3-9-7-10(8-13)12(16)14-11(9)4-6-15/h7H,2-6H2,1H3,(H,14,16). The van der Waals surface area contributed by atoms with Crippen molar-refractivity contribution in [3.05, 3.63) is 33.2 Å². The third-order valence-corrected chi connectivity index (χ3v) is 3.16. The van der Waals surface area contributed by atoms with Gasteiger partial charge in [0, 0.05) is 25.2 Å². The van der Waals surface area contributed by atoms with Gasteiger partial charge in [-0.25, -0.2) is 0 Å². The summed E-state index contributed by atoms with van der Waals surface area (Å²) in [4.78, 5) is 16.7. The average molecular weight is 217 g/mol. The maximum absolute atomic E-state index is 11.5. The highest BCUT2D eigenvalue weighted by Gasteiger charge is 2.14. The summed E-state index contributed by atoms with van der Waals surface area (Å²) in [6.45, 7) is 5.15. The maximum Gasteiger partial charge on any atom is 0.266 e. The highest BCUT2D eigenvalue weighted by Crippen LogP contribution is 2.13. The normalized spacial score (nSPS) is 16.2. The lowest BCUT2D eigenvalue weighted by Gasteiger charge is -2.16. The number of nitriles is 1. The van der Waals surface area contributed by atoms with Crippen molar-refractivity contribution in [3.8, 4) is 6.07 Å². The van der Waals surface area contributed by atoms with Crippen molar-refractivity contribution in [2.75, 3.05) is 19.6 Å². The molecule has 0 saturated heterocycles. The summed E-state index contributed by atoms with van der Waals surface area (Å²) >= 11 is 0. The van der Waals surface area contributed by atoms with Gasteiger partial charge in [-0.15, -0.1) is 0 Å². The van der Waals surface area contributed by atoms with Crippen LogP contribution in [0.25, 0.3) is 0 Å². The van der Waals surface area contributed by atoms with Crippen molar-refractivity contribution in [2.45, 2.75) is 19.8 Å². The third-order valence-electron chi connectivity index (χ3n) is 3.16. The van der Waals surface area contributed by atoms with Crippen LogP contribution in [0.1, 0.15) is 23.7 Å². The Balaban J connectivity index is 2.36. The van der Waals surface area contributed by atoms with Crippen LogP contribution >= 0.6 is 0 Å². The Morgan fingerprint density at radius 1 is 1.50 bits per heavy atom. The lowest BCUT2D eigenvalue weighted by molar-refractivity contribution is 0.303. The number of hydrogen-bond donors (Lipinski definition) is 1. The summed E-state index contributed by atoms with van der Waals surface area (Å²) in [7, 11) is 0. The van der Waals surface area contributed by atoms with E-state index in [-0.39, 0.29) is 11.1 Å². The summed E-state index contributed by atoms with van der Waals surface area (Å²) in [6.07, 6.45) is 1.78. The molecule has 0 fully saturated rings. The van der Waals surface area contributed by atoms with Crippen LogP contribution < -0.4 is 5.56 Å². The SMILES string of the molecule is CCN1CCc2cc(C#N)c(=O)[nH]c2CC1. The molecular weight excluding hydrogens is 202 g/mol. The molecule has 0 radical (unpaired) electrons. The van der Waals surface area contributed by atoms with Crippen molar-refractivity contribution < 1.29 is 0 Å². The molecular formula is C12H15N3O. The van der Waals surface area contributed by atoms with Crippen LogP contribution in [0.5, 0.6) is 0 Å². The Morgan fingerprint density at radius 3 is 2.94 bits per heavy atom. The number of pyridine rings is 1. The maximum atomic E-state index is 11.5. The molecule has 0 saturated carbocycles. The molecule has 2 heterocycles. The van der Waals surface area contributed by atoms with E-state index in [9.17, 15) is 4.79 Å². The molecule has 1 aliphatic heterocycles. The summed E-state index contributed by atoms with van der Waals surface area (Å²) in [5.74, 6) is 0. The molecule has 1 aromatic heterocycles. The molecule has 0 bridgehead atoms. The van der Waals surface area contributed by atoms with Crippen LogP contribution in [0.4, 0.5) is 0 Å². The van der Waals surface area contributed by atoms with E-state index in [0.717, 1.165) is 43.7 Å². The molecule has 1 aromatic rings. The van der Waals surface area contributed by atoms with Gasteiger partial charge in [-0.3, -0.25) is 4.79 Å². The van der Waals surface area contributed by atoms with Gasteiger partial charge in [-0.05, 0) is 24.6 Å². The van der Waals surface area contributed by atoms with Crippen molar-refractivity contribution in [1.82, 2.24) is 9.88 Å². The molecule has 2 rings (SSSR count). The van der Waals surface area contributed by atoms with Gasteiger partial charge >= 0.3 is 0 Å². The Labute approximate surface area is 94.5 Å². The lowest BCUT2D eigenvalue weighted by atomic mass is 10.1. The topological polar surface area (TPSA) is 59.9 Å². The van der Waals surface area contributed by atoms with Crippen LogP contribution in [0.2, 0.25) is 0 Å². The molecule has 0 aliphatic carbocycles. The molecule has 0 aromatic carbocycles. The van der Waals surface area contributed by atoms with Crippen molar-refractivity contribution >= 4 is 0 Å². The average Bonchev–Trinajstić information content (AvgIpc) is 2.49. The van der Waals surface area contributed by atoms with Crippen molar-refractivity contribution in [1.29, 1.82) is 5.26 Å². The van der Waals surface area contributed by atoms with E-state index < -0.39 is 0 Å². The second-order valence-electron chi connectivity index (χ2n) is 4.06. The first-order valence-corrected chi connectivity index (χ1v) is 5.62. The number of aromatic nitrogens is 1. The van der Waals surface area contributed by atoms with Gasteiger partial charge in [-0.1, -0.05) is 6.92 Å². The first-order valence-electron chi connectivity index (χ1n) is 5.62. The minimum absolute atomic E-state index is 0.226. The fourth-order valence-electron chi connectivity index (χ4n) is 2.12. The predicted molar refractivity (Wildman–Crippen MR) is 61.3 cm³/mol. The number of hydrogen-bond acceptors (Lipinski definition) is 3. The zero-order valence-electron chi connectivity index (χ0n) is 9.42. The van der Waals surface area contributed by atoms with Gasteiger partial charge in [0.05, 0.1) is 0 Å². The predicted octanol–water partition coefficient (Wildman–Crippen LogP) is 0.667. The van der Waals surface area contributed by atoms with E-state index in [1.165, 1.54) is 0 Å². The quantitative estimate of drug-likeness (QED) is 0.752.